The summed E-state index contributed by atoms with van der Waals surface area (Å²) in [7, 11) is 1.35. The van der Waals surface area contributed by atoms with Gasteiger partial charge in [0.05, 0.1) is 12.7 Å². The second kappa shape index (κ2) is 10.0. The van der Waals surface area contributed by atoms with Gasteiger partial charge in [0, 0.05) is 23.0 Å². The van der Waals surface area contributed by atoms with Crippen LogP contribution in [-0.4, -0.2) is 7.11 Å². The van der Waals surface area contributed by atoms with Crippen LogP contribution < -0.4 is 10.1 Å². The number of halogens is 3. The van der Waals surface area contributed by atoms with Crippen molar-refractivity contribution in [3.8, 4) is 5.75 Å². The Bertz CT molecular complexity index is 751. The topological polar surface area (TPSA) is 21.3 Å². The monoisotopic (exact) mass is 379 g/mol. The van der Waals surface area contributed by atoms with Crippen molar-refractivity contribution in [1.29, 1.82) is 0 Å². The summed E-state index contributed by atoms with van der Waals surface area (Å²) >= 11 is 0. The number of nitrogens with one attached hydrogen (secondary N) is 1. The van der Waals surface area contributed by atoms with Gasteiger partial charge in [-0.1, -0.05) is 38.2 Å². The number of allylic oxidation sites excluding steroid dienone is 6. The van der Waals surface area contributed by atoms with Gasteiger partial charge in [0.15, 0.2) is 0 Å². The van der Waals surface area contributed by atoms with Crippen LogP contribution in [0.15, 0.2) is 65.4 Å². The molecule has 0 amide bonds. The molecule has 0 spiro atoms. The SMILES string of the molecule is C=CC(/C(=C/CC)CC)=C(/C=C(C)C)Nc1cc(OC)cc(C(F)(F)F)c1. The van der Waals surface area contributed by atoms with Crippen molar-refractivity contribution < 1.29 is 17.9 Å². The summed E-state index contributed by atoms with van der Waals surface area (Å²) in [5.74, 6) is 0.142. The van der Waals surface area contributed by atoms with E-state index in [9.17, 15) is 13.2 Å². The summed E-state index contributed by atoms with van der Waals surface area (Å²) in [6.07, 6.45) is 2.94. The van der Waals surface area contributed by atoms with Gasteiger partial charge in [0.25, 0.3) is 0 Å². The Morgan fingerprint density at radius 3 is 2.30 bits per heavy atom. The molecular formula is C22H28F3NO. The Morgan fingerprint density at radius 2 is 1.85 bits per heavy atom. The van der Waals surface area contributed by atoms with Crippen LogP contribution in [0.25, 0.3) is 0 Å². The van der Waals surface area contributed by atoms with Crippen LogP contribution in [0.4, 0.5) is 18.9 Å². The van der Waals surface area contributed by atoms with E-state index in [1.807, 2.05) is 33.8 Å². The molecule has 2 nitrogen and oxygen atoms in total. The minimum Gasteiger partial charge on any atom is -0.497 e. The largest absolute Gasteiger partial charge is 0.497 e. The van der Waals surface area contributed by atoms with Gasteiger partial charge in [0.1, 0.15) is 5.75 Å². The molecule has 1 aromatic carbocycles. The Hall–Kier alpha value is -2.43. The smallest absolute Gasteiger partial charge is 0.416 e. The molecule has 0 radical (unpaired) electrons. The van der Waals surface area contributed by atoms with Gasteiger partial charge in [-0.3, -0.25) is 0 Å². The lowest BCUT2D eigenvalue weighted by Crippen LogP contribution is -2.08. The van der Waals surface area contributed by atoms with E-state index in [0.717, 1.165) is 41.7 Å². The van der Waals surface area contributed by atoms with Crippen molar-refractivity contribution in [1.82, 2.24) is 0 Å². The number of methoxy groups -OCH3 is 1. The first kappa shape index (κ1) is 22.6. The summed E-state index contributed by atoms with van der Waals surface area (Å²) in [6, 6.07) is 3.61. The van der Waals surface area contributed by atoms with E-state index >= 15 is 0 Å². The Morgan fingerprint density at radius 1 is 1.19 bits per heavy atom. The number of ether oxygens (including phenoxy) is 1. The third kappa shape index (κ3) is 6.66. The number of anilines is 1. The highest BCUT2D eigenvalue weighted by atomic mass is 19.4. The zero-order valence-electron chi connectivity index (χ0n) is 16.6. The molecule has 27 heavy (non-hydrogen) atoms. The molecule has 0 atom stereocenters. The molecule has 148 valence electrons. The van der Waals surface area contributed by atoms with Crippen molar-refractivity contribution >= 4 is 5.69 Å². The van der Waals surface area contributed by atoms with Gasteiger partial charge in [-0.05, 0) is 50.5 Å². The zero-order valence-corrected chi connectivity index (χ0v) is 16.6. The summed E-state index contributed by atoms with van der Waals surface area (Å²) in [5, 5.41) is 3.13. The molecular weight excluding hydrogens is 351 g/mol. The van der Waals surface area contributed by atoms with E-state index in [4.69, 9.17) is 4.74 Å². The Balaban J connectivity index is 3.57. The first-order valence-corrected chi connectivity index (χ1v) is 8.90. The van der Waals surface area contributed by atoms with Crippen molar-refractivity contribution in [2.45, 2.75) is 46.7 Å². The van der Waals surface area contributed by atoms with E-state index in [1.165, 1.54) is 7.11 Å². The third-order valence-corrected chi connectivity index (χ3v) is 3.85. The minimum atomic E-state index is -4.46. The van der Waals surface area contributed by atoms with Crippen LogP contribution in [0.2, 0.25) is 0 Å². The van der Waals surface area contributed by atoms with E-state index < -0.39 is 11.7 Å². The van der Waals surface area contributed by atoms with Crippen LogP contribution in [0.5, 0.6) is 5.75 Å². The fourth-order valence-electron chi connectivity index (χ4n) is 2.68. The van der Waals surface area contributed by atoms with E-state index in [1.54, 1.807) is 12.1 Å². The summed E-state index contributed by atoms with van der Waals surface area (Å²) < 4.78 is 44.7. The highest BCUT2D eigenvalue weighted by molar-refractivity contribution is 5.61. The molecule has 0 aliphatic heterocycles. The van der Waals surface area contributed by atoms with Crippen molar-refractivity contribution in [2.75, 3.05) is 12.4 Å². The molecule has 0 aliphatic rings. The molecule has 0 unspecified atom stereocenters. The predicted molar refractivity (Wildman–Crippen MR) is 107 cm³/mol. The van der Waals surface area contributed by atoms with E-state index in [0.29, 0.717) is 11.4 Å². The molecule has 1 rings (SSSR count). The molecule has 0 fully saturated rings. The summed E-state index contributed by atoms with van der Waals surface area (Å²) in [5.41, 5.74) is 3.22. The molecule has 0 saturated heterocycles. The fraction of sp³-hybridized carbons (Fsp3) is 0.364. The first-order valence-electron chi connectivity index (χ1n) is 8.90. The average Bonchev–Trinajstić information content (AvgIpc) is 2.59. The van der Waals surface area contributed by atoms with Crippen LogP contribution in [-0.2, 0) is 6.18 Å². The molecule has 0 heterocycles. The number of benzene rings is 1. The van der Waals surface area contributed by atoms with Gasteiger partial charge in [-0.15, -0.1) is 0 Å². The maximum Gasteiger partial charge on any atom is 0.416 e. The highest BCUT2D eigenvalue weighted by Gasteiger charge is 2.31. The number of hydrogen-bond donors (Lipinski definition) is 1. The minimum absolute atomic E-state index is 0.142. The van der Waals surface area contributed by atoms with Crippen LogP contribution >= 0.6 is 0 Å². The molecule has 0 aliphatic carbocycles. The molecule has 0 bridgehead atoms. The summed E-state index contributed by atoms with van der Waals surface area (Å²) in [4.78, 5) is 0. The second-order valence-electron chi connectivity index (χ2n) is 6.32. The quantitative estimate of drug-likeness (QED) is 0.479. The maximum atomic E-state index is 13.2. The van der Waals surface area contributed by atoms with Crippen LogP contribution in [0.3, 0.4) is 0 Å². The number of alkyl halides is 3. The Kier molecular flexibility index (Phi) is 8.41. The lowest BCUT2D eigenvalue weighted by Gasteiger charge is -2.17. The van der Waals surface area contributed by atoms with E-state index in [-0.39, 0.29) is 5.75 Å². The third-order valence-electron chi connectivity index (χ3n) is 3.85. The number of rotatable bonds is 8. The molecule has 1 N–H and O–H groups in total. The Labute approximate surface area is 160 Å². The van der Waals surface area contributed by atoms with Gasteiger partial charge >= 0.3 is 6.18 Å². The number of hydrogen-bond acceptors (Lipinski definition) is 2. The van der Waals surface area contributed by atoms with Gasteiger partial charge in [-0.2, -0.15) is 13.2 Å². The zero-order chi connectivity index (χ0) is 20.6. The molecule has 0 aromatic heterocycles. The van der Waals surface area contributed by atoms with Gasteiger partial charge < -0.3 is 10.1 Å². The standard InChI is InChI=1S/C22H28F3NO/c1-7-10-16(8-2)20(9-3)21(11-15(4)5)26-18-12-17(22(23,24)25)13-19(14-18)27-6/h9-14,26H,3,7-8H2,1-2,4-6H3/b16-10+,21-20+. The van der Waals surface area contributed by atoms with Crippen molar-refractivity contribution in [3.05, 3.63) is 71.0 Å². The fourth-order valence-corrected chi connectivity index (χ4v) is 2.68. The first-order chi connectivity index (χ1) is 12.7. The predicted octanol–water partition coefficient (Wildman–Crippen LogP) is 7.28. The van der Waals surface area contributed by atoms with Crippen LogP contribution in [0, 0.1) is 0 Å². The lowest BCUT2D eigenvalue weighted by molar-refractivity contribution is -0.137. The molecule has 0 saturated carbocycles. The lowest BCUT2D eigenvalue weighted by atomic mass is 9.99. The van der Waals surface area contributed by atoms with Crippen molar-refractivity contribution in [3.63, 3.8) is 0 Å². The van der Waals surface area contributed by atoms with Gasteiger partial charge in [0.2, 0.25) is 0 Å². The maximum absolute atomic E-state index is 13.2. The second-order valence-corrected chi connectivity index (χ2v) is 6.32. The average molecular weight is 379 g/mol. The van der Waals surface area contributed by atoms with Crippen molar-refractivity contribution in [2.24, 2.45) is 0 Å². The molecule has 5 heteroatoms. The highest BCUT2D eigenvalue weighted by Crippen LogP contribution is 2.35. The molecule has 1 aromatic rings. The van der Waals surface area contributed by atoms with E-state index in [2.05, 4.69) is 18.0 Å². The normalized spacial score (nSPS) is 13.0. The summed E-state index contributed by atoms with van der Waals surface area (Å²) in [6.45, 7) is 11.9. The van der Waals surface area contributed by atoms with Crippen LogP contribution in [0.1, 0.15) is 46.1 Å². The van der Waals surface area contributed by atoms with Gasteiger partial charge in [-0.25, -0.2) is 0 Å².